The minimum atomic E-state index is 0.203. The summed E-state index contributed by atoms with van der Waals surface area (Å²) in [6.07, 6.45) is 2.23. The first-order valence-electron chi connectivity index (χ1n) is 5.98. The fourth-order valence-corrected chi connectivity index (χ4v) is 1.87. The number of hydrogen-bond donors (Lipinski definition) is 1. The van der Waals surface area contributed by atoms with Crippen LogP contribution in [-0.2, 0) is 11.8 Å². The van der Waals surface area contributed by atoms with E-state index in [1.807, 2.05) is 7.05 Å². The molecule has 0 radical (unpaired) electrons. The van der Waals surface area contributed by atoms with Crippen LogP contribution in [0.5, 0.6) is 0 Å². The zero-order valence-electron chi connectivity index (χ0n) is 11.2. The SMILES string of the molecule is CCCc1cc(C(C)(C)C)ccc1N(C)N. The second-order valence-corrected chi connectivity index (χ2v) is 5.45. The minimum Gasteiger partial charge on any atom is -0.314 e. The van der Waals surface area contributed by atoms with Crippen LogP contribution in [0.2, 0.25) is 0 Å². The summed E-state index contributed by atoms with van der Waals surface area (Å²) < 4.78 is 0. The van der Waals surface area contributed by atoms with E-state index in [2.05, 4.69) is 45.9 Å². The molecule has 0 aromatic heterocycles. The number of benzene rings is 1. The molecule has 0 spiro atoms. The molecule has 0 amide bonds. The standard InChI is InChI=1S/C14H24N2/c1-6-7-11-10-12(14(2,3)4)8-9-13(11)16(5)15/h8-10H,6-7,15H2,1-5H3. The Morgan fingerprint density at radius 2 is 1.88 bits per heavy atom. The molecule has 1 aromatic carbocycles. The second kappa shape index (κ2) is 4.88. The average Bonchev–Trinajstić information content (AvgIpc) is 2.16. The number of hydrogen-bond acceptors (Lipinski definition) is 2. The first-order valence-corrected chi connectivity index (χ1v) is 5.98. The molecule has 0 saturated carbocycles. The molecule has 0 unspecified atom stereocenters. The largest absolute Gasteiger partial charge is 0.314 e. The Bertz CT molecular complexity index is 348. The minimum absolute atomic E-state index is 0.203. The van der Waals surface area contributed by atoms with Gasteiger partial charge in [-0.2, -0.15) is 0 Å². The van der Waals surface area contributed by atoms with Crippen molar-refractivity contribution < 1.29 is 0 Å². The Morgan fingerprint density at radius 1 is 1.25 bits per heavy atom. The first-order chi connectivity index (χ1) is 7.36. The third-order valence-electron chi connectivity index (χ3n) is 2.84. The van der Waals surface area contributed by atoms with E-state index in [-0.39, 0.29) is 5.41 Å². The van der Waals surface area contributed by atoms with Crippen molar-refractivity contribution in [3.8, 4) is 0 Å². The van der Waals surface area contributed by atoms with Crippen molar-refractivity contribution in [3.05, 3.63) is 29.3 Å². The molecule has 1 aromatic rings. The van der Waals surface area contributed by atoms with Gasteiger partial charge in [0.1, 0.15) is 0 Å². The van der Waals surface area contributed by atoms with E-state index >= 15 is 0 Å². The van der Waals surface area contributed by atoms with Crippen LogP contribution in [-0.4, -0.2) is 7.05 Å². The third kappa shape index (κ3) is 2.99. The Kier molecular flexibility index (Phi) is 3.98. The van der Waals surface area contributed by atoms with Crippen molar-refractivity contribution in [2.24, 2.45) is 5.84 Å². The van der Waals surface area contributed by atoms with Gasteiger partial charge in [-0.3, -0.25) is 0 Å². The monoisotopic (exact) mass is 220 g/mol. The van der Waals surface area contributed by atoms with E-state index in [9.17, 15) is 0 Å². The fourth-order valence-electron chi connectivity index (χ4n) is 1.87. The van der Waals surface area contributed by atoms with Crippen molar-refractivity contribution >= 4 is 5.69 Å². The topological polar surface area (TPSA) is 29.3 Å². The lowest BCUT2D eigenvalue weighted by atomic mass is 9.85. The van der Waals surface area contributed by atoms with E-state index < -0.39 is 0 Å². The molecule has 90 valence electrons. The predicted octanol–water partition coefficient (Wildman–Crippen LogP) is 3.25. The molecular weight excluding hydrogens is 196 g/mol. The highest BCUT2D eigenvalue weighted by atomic mass is 15.4. The Balaban J connectivity index is 3.17. The number of nitrogens with two attached hydrogens (primary N) is 1. The van der Waals surface area contributed by atoms with Crippen molar-refractivity contribution in [2.45, 2.75) is 46.0 Å². The van der Waals surface area contributed by atoms with Gasteiger partial charge in [-0.15, -0.1) is 0 Å². The van der Waals surface area contributed by atoms with Gasteiger partial charge in [0.05, 0.1) is 5.69 Å². The summed E-state index contributed by atoms with van der Waals surface area (Å²) in [6.45, 7) is 8.92. The predicted molar refractivity (Wildman–Crippen MR) is 71.7 cm³/mol. The van der Waals surface area contributed by atoms with Crippen molar-refractivity contribution in [1.82, 2.24) is 0 Å². The summed E-state index contributed by atoms with van der Waals surface area (Å²) in [5, 5.41) is 1.71. The highest BCUT2D eigenvalue weighted by Crippen LogP contribution is 2.28. The molecule has 16 heavy (non-hydrogen) atoms. The molecule has 0 bridgehead atoms. The molecule has 0 saturated heterocycles. The quantitative estimate of drug-likeness (QED) is 0.626. The van der Waals surface area contributed by atoms with E-state index in [0.29, 0.717) is 0 Å². The first kappa shape index (κ1) is 13.0. The van der Waals surface area contributed by atoms with Gasteiger partial charge in [0.2, 0.25) is 0 Å². The van der Waals surface area contributed by atoms with Crippen LogP contribution in [0.3, 0.4) is 0 Å². The molecule has 1 rings (SSSR count). The van der Waals surface area contributed by atoms with Crippen molar-refractivity contribution in [2.75, 3.05) is 12.1 Å². The lowest BCUT2D eigenvalue weighted by Crippen LogP contribution is -2.26. The lowest BCUT2D eigenvalue weighted by Gasteiger charge is -2.23. The lowest BCUT2D eigenvalue weighted by molar-refractivity contribution is 0.589. The van der Waals surface area contributed by atoms with Crippen molar-refractivity contribution in [3.63, 3.8) is 0 Å². The van der Waals surface area contributed by atoms with Gasteiger partial charge in [-0.05, 0) is 29.0 Å². The molecule has 0 aliphatic carbocycles. The average molecular weight is 220 g/mol. The van der Waals surface area contributed by atoms with Crippen LogP contribution in [0, 0.1) is 0 Å². The number of anilines is 1. The van der Waals surface area contributed by atoms with Gasteiger partial charge in [0.15, 0.2) is 0 Å². The van der Waals surface area contributed by atoms with E-state index in [4.69, 9.17) is 5.84 Å². The van der Waals surface area contributed by atoms with Crippen LogP contribution >= 0.6 is 0 Å². The molecular formula is C14H24N2. The number of rotatable bonds is 3. The zero-order valence-corrected chi connectivity index (χ0v) is 11.2. The normalized spacial score (nSPS) is 11.6. The second-order valence-electron chi connectivity index (χ2n) is 5.45. The van der Waals surface area contributed by atoms with Gasteiger partial charge < -0.3 is 5.01 Å². The maximum absolute atomic E-state index is 5.84. The molecule has 0 fully saturated rings. The van der Waals surface area contributed by atoms with E-state index in [0.717, 1.165) is 18.5 Å². The van der Waals surface area contributed by atoms with Gasteiger partial charge in [-0.1, -0.05) is 46.2 Å². The fraction of sp³-hybridized carbons (Fsp3) is 0.571. The Labute approximate surface area is 99.4 Å². The number of nitrogens with zero attached hydrogens (tertiary/aromatic N) is 1. The van der Waals surface area contributed by atoms with Crippen molar-refractivity contribution in [1.29, 1.82) is 0 Å². The molecule has 2 heteroatoms. The van der Waals surface area contributed by atoms with E-state index in [1.165, 1.54) is 11.1 Å². The third-order valence-corrected chi connectivity index (χ3v) is 2.84. The van der Waals surface area contributed by atoms with Crippen LogP contribution in [0.1, 0.15) is 45.2 Å². The van der Waals surface area contributed by atoms with Gasteiger partial charge >= 0.3 is 0 Å². The molecule has 0 heterocycles. The smallest absolute Gasteiger partial charge is 0.0546 e. The zero-order chi connectivity index (χ0) is 12.3. The van der Waals surface area contributed by atoms with Gasteiger partial charge in [0, 0.05) is 7.05 Å². The van der Waals surface area contributed by atoms with Gasteiger partial charge in [-0.25, -0.2) is 5.84 Å². The number of hydrazine groups is 1. The highest BCUT2D eigenvalue weighted by Gasteiger charge is 2.15. The maximum atomic E-state index is 5.84. The number of aryl methyl sites for hydroxylation is 1. The summed E-state index contributed by atoms with van der Waals surface area (Å²) in [6, 6.07) is 6.60. The summed E-state index contributed by atoms with van der Waals surface area (Å²) in [7, 11) is 1.89. The molecule has 0 aliphatic rings. The summed E-state index contributed by atoms with van der Waals surface area (Å²) >= 11 is 0. The Hall–Kier alpha value is -1.02. The highest BCUT2D eigenvalue weighted by molar-refractivity contribution is 5.54. The maximum Gasteiger partial charge on any atom is 0.0546 e. The van der Waals surface area contributed by atoms with Crippen LogP contribution in [0.15, 0.2) is 18.2 Å². The summed E-state index contributed by atoms with van der Waals surface area (Å²) in [4.78, 5) is 0. The van der Waals surface area contributed by atoms with Crippen LogP contribution < -0.4 is 10.9 Å². The summed E-state index contributed by atoms with van der Waals surface area (Å²) in [5.74, 6) is 5.84. The van der Waals surface area contributed by atoms with E-state index in [1.54, 1.807) is 5.01 Å². The van der Waals surface area contributed by atoms with Crippen LogP contribution in [0.25, 0.3) is 0 Å². The molecule has 2 N–H and O–H groups in total. The molecule has 2 nitrogen and oxygen atoms in total. The van der Waals surface area contributed by atoms with Gasteiger partial charge in [0.25, 0.3) is 0 Å². The Morgan fingerprint density at radius 3 is 2.31 bits per heavy atom. The summed E-state index contributed by atoms with van der Waals surface area (Å²) in [5.41, 5.74) is 4.06. The van der Waals surface area contributed by atoms with Crippen LogP contribution in [0.4, 0.5) is 5.69 Å². The molecule has 0 aliphatic heterocycles. The molecule has 0 atom stereocenters.